The molecule has 4 rings (SSSR count). The zero-order chi connectivity index (χ0) is 24.1. The maximum atomic E-state index is 12.7. The smallest absolute Gasteiger partial charge is 0.355 e. The highest BCUT2D eigenvalue weighted by molar-refractivity contribution is 9.10. The van der Waals surface area contributed by atoms with Crippen LogP contribution < -0.4 is 14.9 Å². The van der Waals surface area contributed by atoms with Gasteiger partial charge in [0.1, 0.15) is 16.4 Å². The van der Waals surface area contributed by atoms with Gasteiger partial charge in [0.25, 0.3) is 5.91 Å². The van der Waals surface area contributed by atoms with Crippen LogP contribution in [-0.4, -0.2) is 24.2 Å². The van der Waals surface area contributed by atoms with Gasteiger partial charge in [0.15, 0.2) is 6.10 Å². The van der Waals surface area contributed by atoms with Gasteiger partial charge in [-0.25, -0.2) is 10.2 Å². The molecule has 1 N–H and O–H groups in total. The van der Waals surface area contributed by atoms with Gasteiger partial charge in [-0.2, -0.15) is 5.10 Å². The molecule has 0 fully saturated rings. The Morgan fingerprint density at radius 2 is 1.85 bits per heavy atom. The lowest BCUT2D eigenvalue weighted by Crippen LogP contribution is -2.33. The van der Waals surface area contributed by atoms with Crippen molar-refractivity contribution in [3.05, 3.63) is 92.7 Å². The SMILES string of the molecule is CC(Oc1ccccc1Br)C(=O)NN=Cc1cccc(OC(=O)c2sc3ccccc3c2Cl)c1. The van der Waals surface area contributed by atoms with E-state index < -0.39 is 18.0 Å². The first-order valence-corrected chi connectivity index (χ1v) is 12.1. The van der Waals surface area contributed by atoms with Gasteiger partial charge < -0.3 is 9.47 Å². The molecule has 172 valence electrons. The number of esters is 1. The number of carbonyl (C=O) groups is 2. The van der Waals surface area contributed by atoms with Gasteiger partial charge in [-0.1, -0.05) is 54.1 Å². The lowest BCUT2D eigenvalue weighted by Gasteiger charge is -2.13. The van der Waals surface area contributed by atoms with Crippen molar-refractivity contribution in [3.63, 3.8) is 0 Å². The lowest BCUT2D eigenvalue weighted by molar-refractivity contribution is -0.127. The largest absolute Gasteiger partial charge is 0.480 e. The summed E-state index contributed by atoms with van der Waals surface area (Å²) in [5.41, 5.74) is 3.08. The molecule has 1 aromatic heterocycles. The van der Waals surface area contributed by atoms with Crippen LogP contribution in [0.2, 0.25) is 5.02 Å². The summed E-state index contributed by atoms with van der Waals surface area (Å²) >= 11 is 11.0. The van der Waals surface area contributed by atoms with Crippen LogP contribution in [0.5, 0.6) is 11.5 Å². The number of halogens is 2. The van der Waals surface area contributed by atoms with E-state index in [0.717, 1.165) is 14.6 Å². The fourth-order valence-corrected chi connectivity index (χ4v) is 4.77. The molecule has 0 bridgehead atoms. The molecule has 0 spiro atoms. The van der Waals surface area contributed by atoms with Crippen molar-refractivity contribution in [2.75, 3.05) is 0 Å². The Morgan fingerprint density at radius 1 is 1.09 bits per heavy atom. The van der Waals surface area contributed by atoms with Crippen LogP contribution in [0.3, 0.4) is 0 Å². The fourth-order valence-electron chi connectivity index (χ4n) is 3.00. The number of carbonyl (C=O) groups excluding carboxylic acids is 2. The summed E-state index contributed by atoms with van der Waals surface area (Å²) in [6, 6.07) is 21.5. The van der Waals surface area contributed by atoms with Crippen molar-refractivity contribution in [1.82, 2.24) is 5.43 Å². The van der Waals surface area contributed by atoms with E-state index in [0.29, 0.717) is 27.0 Å². The van der Waals surface area contributed by atoms with Crippen LogP contribution in [0.15, 0.2) is 82.4 Å². The molecule has 1 unspecified atom stereocenters. The van der Waals surface area contributed by atoms with Gasteiger partial charge in [-0.3, -0.25) is 4.79 Å². The second kappa shape index (κ2) is 10.8. The number of nitrogens with one attached hydrogen (secondary N) is 1. The number of para-hydroxylation sites is 1. The van der Waals surface area contributed by atoms with E-state index in [9.17, 15) is 9.59 Å². The van der Waals surface area contributed by atoms with E-state index >= 15 is 0 Å². The summed E-state index contributed by atoms with van der Waals surface area (Å²) in [5, 5.41) is 5.17. The number of thiophene rings is 1. The Morgan fingerprint density at radius 3 is 2.65 bits per heavy atom. The van der Waals surface area contributed by atoms with E-state index in [4.69, 9.17) is 21.1 Å². The molecule has 0 aliphatic carbocycles. The van der Waals surface area contributed by atoms with Gasteiger partial charge >= 0.3 is 5.97 Å². The van der Waals surface area contributed by atoms with Crippen molar-refractivity contribution < 1.29 is 19.1 Å². The summed E-state index contributed by atoms with van der Waals surface area (Å²) < 4.78 is 12.8. The molecule has 0 aliphatic heterocycles. The highest BCUT2D eigenvalue weighted by Gasteiger charge is 2.19. The fraction of sp³-hybridized carbons (Fsp3) is 0.0800. The summed E-state index contributed by atoms with van der Waals surface area (Å²) in [5.74, 6) is -0.0533. The maximum absolute atomic E-state index is 12.7. The second-order valence-corrected chi connectivity index (χ2v) is 9.41. The van der Waals surface area contributed by atoms with Crippen molar-refractivity contribution in [1.29, 1.82) is 0 Å². The van der Waals surface area contributed by atoms with Crippen LogP contribution >= 0.6 is 38.9 Å². The predicted octanol–water partition coefficient (Wildman–Crippen LogP) is 6.45. The quantitative estimate of drug-likeness (QED) is 0.123. The summed E-state index contributed by atoms with van der Waals surface area (Å²) in [6.07, 6.45) is 0.696. The molecule has 6 nitrogen and oxygen atoms in total. The zero-order valence-electron chi connectivity index (χ0n) is 17.8. The standard InChI is InChI=1S/C25H18BrClN2O4S/c1-15(32-20-11-4-3-10-19(20)26)24(30)29-28-14-16-7-6-8-17(13-16)33-25(31)23-22(27)18-9-2-5-12-21(18)34-23/h2-15H,1H3,(H,29,30). The number of rotatable bonds is 7. The van der Waals surface area contributed by atoms with E-state index in [1.807, 2.05) is 42.5 Å². The molecule has 9 heteroatoms. The third-order valence-electron chi connectivity index (χ3n) is 4.69. The van der Waals surface area contributed by atoms with Gasteiger partial charge in [0.05, 0.1) is 15.7 Å². The van der Waals surface area contributed by atoms with Gasteiger partial charge in [0, 0.05) is 10.1 Å². The number of hydrazone groups is 1. The first kappa shape index (κ1) is 23.9. The van der Waals surface area contributed by atoms with Crippen molar-refractivity contribution in [2.45, 2.75) is 13.0 Å². The molecule has 4 aromatic rings. The molecule has 0 radical (unpaired) electrons. The average Bonchev–Trinajstić information content (AvgIpc) is 3.17. The van der Waals surface area contributed by atoms with Crippen molar-refractivity contribution in [2.24, 2.45) is 5.10 Å². The van der Waals surface area contributed by atoms with Crippen molar-refractivity contribution >= 4 is 67.0 Å². The number of nitrogens with zero attached hydrogens (tertiary/aromatic N) is 1. The van der Waals surface area contributed by atoms with Crippen LogP contribution in [0.1, 0.15) is 22.2 Å². The zero-order valence-corrected chi connectivity index (χ0v) is 21.0. The Bertz CT molecular complexity index is 1390. The van der Waals surface area contributed by atoms with E-state index in [2.05, 4.69) is 26.5 Å². The van der Waals surface area contributed by atoms with Crippen LogP contribution in [0.25, 0.3) is 10.1 Å². The summed E-state index contributed by atoms with van der Waals surface area (Å²) in [4.78, 5) is 25.3. The van der Waals surface area contributed by atoms with Crippen LogP contribution in [0.4, 0.5) is 0 Å². The molecular weight excluding hydrogens is 540 g/mol. The normalized spacial score (nSPS) is 12.0. The maximum Gasteiger partial charge on any atom is 0.355 e. The Balaban J connectivity index is 1.37. The van der Waals surface area contributed by atoms with E-state index in [1.54, 1.807) is 37.3 Å². The molecule has 0 saturated carbocycles. The molecular formula is C25H18BrClN2O4S. The third kappa shape index (κ3) is 5.64. The third-order valence-corrected chi connectivity index (χ3v) is 7.00. The summed E-state index contributed by atoms with van der Waals surface area (Å²) in [7, 11) is 0. The Kier molecular flexibility index (Phi) is 7.62. The van der Waals surface area contributed by atoms with E-state index in [-0.39, 0.29) is 0 Å². The highest BCUT2D eigenvalue weighted by Crippen LogP contribution is 2.35. The molecule has 1 atom stereocenters. The van der Waals surface area contributed by atoms with Crippen LogP contribution in [0, 0.1) is 0 Å². The monoisotopic (exact) mass is 556 g/mol. The minimum atomic E-state index is -0.755. The highest BCUT2D eigenvalue weighted by atomic mass is 79.9. The van der Waals surface area contributed by atoms with Gasteiger partial charge in [0.2, 0.25) is 0 Å². The van der Waals surface area contributed by atoms with E-state index in [1.165, 1.54) is 17.6 Å². The minimum Gasteiger partial charge on any atom is -0.480 e. The molecule has 3 aromatic carbocycles. The Labute approximate surface area is 213 Å². The first-order chi connectivity index (χ1) is 16.4. The van der Waals surface area contributed by atoms with Crippen molar-refractivity contribution in [3.8, 4) is 11.5 Å². The van der Waals surface area contributed by atoms with Gasteiger partial charge in [-0.05, 0) is 58.7 Å². The van der Waals surface area contributed by atoms with Crippen LogP contribution in [-0.2, 0) is 4.79 Å². The number of amides is 1. The number of benzene rings is 3. The predicted molar refractivity (Wildman–Crippen MR) is 138 cm³/mol. The number of fused-ring (bicyclic) bond motifs is 1. The Hall–Kier alpha value is -3.20. The number of ether oxygens (including phenoxy) is 2. The lowest BCUT2D eigenvalue weighted by atomic mass is 10.2. The molecule has 1 heterocycles. The average molecular weight is 558 g/mol. The van der Waals surface area contributed by atoms with Gasteiger partial charge in [-0.15, -0.1) is 11.3 Å². The molecule has 34 heavy (non-hydrogen) atoms. The number of hydrogen-bond acceptors (Lipinski definition) is 6. The minimum absolute atomic E-state index is 0.333. The number of hydrogen-bond donors (Lipinski definition) is 1. The molecule has 0 saturated heterocycles. The summed E-state index contributed by atoms with van der Waals surface area (Å²) in [6.45, 7) is 1.63. The second-order valence-electron chi connectivity index (χ2n) is 7.13. The first-order valence-electron chi connectivity index (χ1n) is 10.2. The topological polar surface area (TPSA) is 77.0 Å². The molecule has 0 aliphatic rings. The molecule has 1 amide bonds.